The lowest BCUT2D eigenvalue weighted by molar-refractivity contribution is 0.0696. The Bertz CT molecular complexity index is 4150. The highest BCUT2D eigenvalue weighted by Crippen LogP contribution is 2.46. The maximum Gasteiger partial charge on any atom is 0.335 e. The predicted molar refractivity (Wildman–Crippen MR) is 421 cm³/mol. The molecule has 10 rings (SSSR count). The van der Waals surface area contributed by atoms with Crippen molar-refractivity contribution in [3.8, 4) is 57.1 Å². The van der Waals surface area contributed by atoms with Crippen LogP contribution in [0.2, 0.25) is 0 Å². The minimum absolute atomic E-state index is 0.178. The van der Waals surface area contributed by atoms with E-state index in [-0.39, 0.29) is 5.56 Å². The van der Waals surface area contributed by atoms with Crippen LogP contribution in [0, 0.1) is 0 Å². The van der Waals surface area contributed by atoms with E-state index >= 15 is 0 Å². The Labute approximate surface area is 606 Å². The molecular formula is C75H100N14O3S6. The second kappa shape index (κ2) is 37.0. The fourth-order valence-electron chi connectivity index (χ4n) is 12.3. The van der Waals surface area contributed by atoms with Crippen molar-refractivity contribution in [3.05, 3.63) is 84.4 Å². The van der Waals surface area contributed by atoms with Crippen LogP contribution in [0.4, 0.5) is 0 Å². The number of thioether (sulfide) groups is 6. The average Bonchev–Trinajstić information content (AvgIpc) is 1.59. The molecule has 5 aromatic carbocycles. The normalized spacial score (nSPS) is 12.3. The third-order valence-electron chi connectivity index (χ3n) is 18.7. The van der Waals surface area contributed by atoms with Crippen LogP contribution in [0.15, 0.2) is 108 Å². The summed E-state index contributed by atoms with van der Waals surface area (Å²) in [7, 11) is 0. The third-order valence-corrected chi connectivity index (χ3v) is 25.3. The lowest BCUT2D eigenvalue weighted by Gasteiger charge is -2.19. The summed E-state index contributed by atoms with van der Waals surface area (Å²) in [6.07, 6.45) is 0. The van der Waals surface area contributed by atoms with Crippen LogP contribution in [-0.4, -0.2) is 233 Å². The number of fused-ring (bicyclic) bond motifs is 20. The van der Waals surface area contributed by atoms with E-state index in [2.05, 4.69) is 159 Å². The number of H-pyrrole nitrogens is 2. The van der Waals surface area contributed by atoms with E-state index in [0.717, 1.165) is 196 Å². The van der Waals surface area contributed by atoms with E-state index in [1.165, 1.54) is 29.4 Å². The molecule has 8 bridgehead atoms. The number of hydrogen-bond acceptors (Lipinski definition) is 20. The van der Waals surface area contributed by atoms with Gasteiger partial charge in [-0.15, -0.1) is 70.6 Å². The Morgan fingerprint density at radius 3 is 0.867 bits per heavy atom. The van der Waals surface area contributed by atoms with Gasteiger partial charge in [0.2, 0.25) is 0 Å². The zero-order chi connectivity index (χ0) is 69.2. The number of nitrogens with one attached hydrogen (secondary N) is 2. The molecule has 0 amide bonds. The summed E-state index contributed by atoms with van der Waals surface area (Å²) in [5.74, 6) is 7.76. The molecule has 17 nitrogen and oxygen atoms in total. The van der Waals surface area contributed by atoms with Gasteiger partial charge in [0, 0.05) is 147 Å². The summed E-state index contributed by atoms with van der Waals surface area (Å²) in [6.45, 7) is 44.8. The standard InChI is InChI=1S/C75H100N14O3S6/c1-13-84(14-2)31-37-93-61-44-55-56(45-62(61)94-38-32-85(15-3)16-4)71-79-69(55)77-67-53-30-29-52(92-51-27-25-50(26-28-51)75(90)91)43-54(53)68(76-67)78-70-57-46-63(95-39-33-86(17-5)18-6)64(96-40-34-87(19-7)20-8)47-58(57)72(80-70)82-74-60-49-66(98-42-36-89(23-11)24-12)65(48-59(60)73(81-71)83-74)97-41-35-88(21-9)22-10/h25-30,43-49H,13-24,31-42H2,1-12H3,(H,90,91)(H2,76,77,78,79,80,81,82,83). The van der Waals surface area contributed by atoms with E-state index in [9.17, 15) is 9.90 Å². The maximum atomic E-state index is 11.9. The number of aromatic amines is 2. The molecule has 5 heterocycles. The molecule has 524 valence electrons. The Morgan fingerprint density at radius 2 is 0.592 bits per heavy atom. The number of aromatic nitrogens is 8. The van der Waals surface area contributed by atoms with Crippen molar-refractivity contribution in [2.45, 2.75) is 112 Å². The van der Waals surface area contributed by atoms with Crippen molar-refractivity contribution in [2.24, 2.45) is 0 Å². The number of hydrogen-bond donors (Lipinski definition) is 3. The van der Waals surface area contributed by atoms with Gasteiger partial charge in [0.1, 0.15) is 34.1 Å². The van der Waals surface area contributed by atoms with E-state index in [0.29, 0.717) is 57.4 Å². The number of aromatic carboxylic acids is 1. The number of carboxylic acids is 1. The molecule has 3 aromatic heterocycles. The van der Waals surface area contributed by atoms with Crippen molar-refractivity contribution in [3.63, 3.8) is 0 Å². The van der Waals surface area contributed by atoms with Crippen LogP contribution < -0.4 is 4.74 Å². The fourth-order valence-corrected chi connectivity index (χ4v) is 19.2. The van der Waals surface area contributed by atoms with Crippen LogP contribution in [0.5, 0.6) is 11.5 Å². The molecule has 3 N–H and O–H groups in total. The van der Waals surface area contributed by atoms with Crippen molar-refractivity contribution in [2.75, 3.05) is 152 Å². The minimum atomic E-state index is -1.00. The topological polar surface area (TPSA) is 175 Å². The highest BCUT2D eigenvalue weighted by Gasteiger charge is 2.27. The van der Waals surface area contributed by atoms with E-state index < -0.39 is 5.97 Å². The number of ether oxygens (including phenoxy) is 1. The number of benzene rings is 5. The Hall–Kier alpha value is -5.41. The monoisotopic (exact) mass is 1440 g/mol. The molecular weight excluding hydrogens is 1340 g/mol. The first kappa shape index (κ1) is 75.3. The van der Waals surface area contributed by atoms with E-state index in [4.69, 9.17) is 34.6 Å². The van der Waals surface area contributed by atoms with Crippen LogP contribution in [0.3, 0.4) is 0 Å². The summed E-state index contributed by atoms with van der Waals surface area (Å²) in [5, 5.41) is 13.5. The van der Waals surface area contributed by atoms with Crippen molar-refractivity contribution in [1.82, 2.24) is 69.3 Å². The van der Waals surface area contributed by atoms with Crippen molar-refractivity contribution >= 4 is 121 Å². The number of carbonyl (C=O) groups is 1. The molecule has 0 spiro atoms. The molecule has 0 unspecified atom stereocenters. The number of rotatable bonds is 39. The summed E-state index contributed by atoms with van der Waals surface area (Å²) >= 11 is 11.5. The van der Waals surface area contributed by atoms with Crippen LogP contribution in [0.25, 0.3) is 89.7 Å². The molecule has 8 aromatic rings. The van der Waals surface area contributed by atoms with Crippen LogP contribution >= 0.6 is 70.6 Å². The highest BCUT2D eigenvalue weighted by atomic mass is 32.2. The van der Waals surface area contributed by atoms with Crippen molar-refractivity contribution in [1.29, 1.82) is 0 Å². The van der Waals surface area contributed by atoms with Gasteiger partial charge in [-0.3, -0.25) is 0 Å². The quantitative estimate of drug-likeness (QED) is 0.0310. The zero-order valence-electron chi connectivity index (χ0n) is 59.6. The first-order chi connectivity index (χ1) is 47.8. The van der Waals surface area contributed by atoms with Crippen LogP contribution in [0.1, 0.15) is 93.4 Å². The van der Waals surface area contributed by atoms with Gasteiger partial charge in [-0.1, -0.05) is 83.1 Å². The van der Waals surface area contributed by atoms with E-state index in [1.807, 2.05) is 88.8 Å². The Balaban J connectivity index is 1.28. The Morgan fingerprint density at radius 1 is 0.337 bits per heavy atom. The molecule has 0 aliphatic carbocycles. The minimum Gasteiger partial charge on any atom is -0.478 e. The van der Waals surface area contributed by atoms with Crippen molar-refractivity contribution < 1.29 is 14.6 Å². The summed E-state index contributed by atoms with van der Waals surface area (Å²) in [4.78, 5) is 75.4. The molecule has 23 heteroatoms. The van der Waals surface area contributed by atoms with Gasteiger partial charge in [0.05, 0.1) is 5.56 Å². The van der Waals surface area contributed by atoms with Gasteiger partial charge < -0.3 is 49.2 Å². The molecule has 0 saturated carbocycles. The zero-order valence-corrected chi connectivity index (χ0v) is 64.5. The summed E-state index contributed by atoms with van der Waals surface area (Å²) in [5.41, 5.74) is 6.12. The average molecular weight is 1440 g/mol. The highest BCUT2D eigenvalue weighted by molar-refractivity contribution is 8.03. The van der Waals surface area contributed by atoms with Gasteiger partial charge >= 0.3 is 5.97 Å². The third kappa shape index (κ3) is 18.6. The maximum absolute atomic E-state index is 11.9. The molecule has 0 saturated heterocycles. The first-order valence-electron chi connectivity index (χ1n) is 35.4. The molecule has 98 heavy (non-hydrogen) atoms. The molecule has 2 aliphatic rings. The molecule has 2 aliphatic heterocycles. The second-order valence-corrected chi connectivity index (χ2v) is 30.9. The van der Waals surface area contributed by atoms with Gasteiger partial charge in [0.15, 0.2) is 23.3 Å². The molecule has 0 radical (unpaired) electrons. The van der Waals surface area contributed by atoms with E-state index in [1.54, 1.807) is 24.3 Å². The van der Waals surface area contributed by atoms with Gasteiger partial charge in [-0.2, -0.15) is 0 Å². The predicted octanol–water partition coefficient (Wildman–Crippen LogP) is 17.0. The number of carboxylic acid groups (broad SMARTS) is 1. The van der Waals surface area contributed by atoms with Gasteiger partial charge in [-0.25, -0.2) is 34.7 Å². The Kier molecular flexibility index (Phi) is 28.4. The first-order valence-corrected chi connectivity index (χ1v) is 41.3. The SMILES string of the molecule is CCN(CC)CCSc1cc2c(cc1SCCN(CC)CC)-c1nc-2nc2[nH]c(nc3nc(nc4[nH]c(n1)c1cc(SCCN(CC)CC)c(SCCN(CC)CC)cc41)-c1cc(Oc4ccc(C(=O)O)cc4)ccc1-3)c1cc(SCCN(CC)CC)c(SCCN(CC)CC)cc21. The largest absolute Gasteiger partial charge is 0.478 e. The molecule has 0 atom stereocenters. The lowest BCUT2D eigenvalue weighted by atomic mass is 10.1. The smallest absolute Gasteiger partial charge is 0.335 e. The second-order valence-electron chi connectivity index (χ2n) is 24.0. The lowest BCUT2D eigenvalue weighted by Crippen LogP contribution is -2.25. The van der Waals surface area contributed by atoms with Gasteiger partial charge in [-0.05, 0) is 157 Å². The number of nitrogens with zero attached hydrogens (tertiary/aromatic N) is 12. The summed E-state index contributed by atoms with van der Waals surface area (Å²) in [6, 6.07) is 26.3. The fraction of sp³-hybridized carbons (Fsp3) is 0.480. The molecule has 0 fully saturated rings. The summed E-state index contributed by atoms with van der Waals surface area (Å²) < 4.78 is 6.52. The van der Waals surface area contributed by atoms with Gasteiger partial charge in [0.25, 0.3) is 0 Å². The van der Waals surface area contributed by atoms with Crippen LogP contribution in [-0.2, 0) is 0 Å².